The highest BCUT2D eigenvalue weighted by Crippen LogP contribution is 2.40. The molecule has 5 nitrogen and oxygen atoms in total. The molecule has 0 atom stereocenters. The highest BCUT2D eigenvalue weighted by Gasteiger charge is 2.29. The van der Waals surface area contributed by atoms with Crippen molar-refractivity contribution in [3.63, 3.8) is 0 Å². The summed E-state index contributed by atoms with van der Waals surface area (Å²) in [7, 11) is 1.00. The van der Waals surface area contributed by atoms with E-state index in [4.69, 9.17) is 16.7 Å². The molecule has 1 aliphatic rings. The number of aliphatic hydroxyl groups excluding tert-OH is 1. The van der Waals surface area contributed by atoms with Crippen molar-refractivity contribution in [3.05, 3.63) is 50.9 Å². The summed E-state index contributed by atoms with van der Waals surface area (Å²) in [6, 6.07) is 10.2. The summed E-state index contributed by atoms with van der Waals surface area (Å²) in [5, 5.41) is 7.68. The van der Waals surface area contributed by atoms with Gasteiger partial charge in [-0.15, -0.1) is 11.3 Å². The lowest BCUT2D eigenvalue weighted by atomic mass is 9.69. The zero-order valence-corrected chi connectivity index (χ0v) is 21.5. The van der Waals surface area contributed by atoms with Gasteiger partial charge in [0.05, 0.1) is 6.54 Å². The standard InChI is InChI=1S/C16H17ClN2O2S.C8H16.CH4O/c1-12(21)19(9-5-8-13-6-3-2-4-7-13)10-15-18-14(11-20)16(17)22-15;1-8(2,3)7-5-4-6-7;1-2/h2-4,6-7,11H,5,8-10H2,1H3;7H,4-6H2,1-3H3;2H,1H3. The van der Waals surface area contributed by atoms with Gasteiger partial charge in [-0.2, -0.15) is 0 Å². The van der Waals surface area contributed by atoms with Crippen LogP contribution < -0.4 is 0 Å². The van der Waals surface area contributed by atoms with Gasteiger partial charge in [0.25, 0.3) is 0 Å². The van der Waals surface area contributed by atoms with Gasteiger partial charge in [-0.05, 0) is 42.6 Å². The number of nitrogens with zero attached hydrogens (tertiary/aromatic N) is 2. The van der Waals surface area contributed by atoms with E-state index >= 15 is 0 Å². The number of amides is 1. The van der Waals surface area contributed by atoms with Crippen LogP contribution in [0.15, 0.2) is 30.3 Å². The Kier molecular flexibility index (Phi) is 12.7. The Morgan fingerprint density at radius 2 is 1.88 bits per heavy atom. The first kappa shape index (κ1) is 28.3. The molecule has 0 unspecified atom stereocenters. The summed E-state index contributed by atoms with van der Waals surface area (Å²) in [6.45, 7) is 9.61. The van der Waals surface area contributed by atoms with E-state index in [1.54, 1.807) is 11.8 Å². The van der Waals surface area contributed by atoms with E-state index in [2.05, 4.69) is 37.9 Å². The van der Waals surface area contributed by atoms with E-state index in [1.807, 2.05) is 18.2 Å². The van der Waals surface area contributed by atoms with E-state index in [0.717, 1.165) is 25.9 Å². The van der Waals surface area contributed by atoms with Crippen molar-refractivity contribution in [2.75, 3.05) is 13.7 Å². The molecule has 1 aromatic heterocycles. The summed E-state index contributed by atoms with van der Waals surface area (Å²) < 4.78 is 0.373. The number of rotatable bonds is 7. The van der Waals surface area contributed by atoms with Gasteiger partial charge >= 0.3 is 0 Å². The third-order valence-electron chi connectivity index (χ3n) is 5.60. The molecule has 1 fully saturated rings. The maximum Gasteiger partial charge on any atom is 0.219 e. The zero-order chi connectivity index (χ0) is 24.1. The topological polar surface area (TPSA) is 70.5 Å². The second-order valence-corrected chi connectivity index (χ2v) is 10.6. The van der Waals surface area contributed by atoms with E-state index in [0.29, 0.717) is 34.1 Å². The Hall–Kier alpha value is -1.76. The highest BCUT2D eigenvalue weighted by molar-refractivity contribution is 7.16. The lowest BCUT2D eigenvalue weighted by Crippen LogP contribution is -2.29. The number of aromatic nitrogens is 1. The van der Waals surface area contributed by atoms with Crippen LogP contribution in [-0.4, -0.2) is 40.8 Å². The van der Waals surface area contributed by atoms with Crippen LogP contribution in [0.5, 0.6) is 0 Å². The minimum Gasteiger partial charge on any atom is -0.400 e. The number of thiazole rings is 1. The molecule has 7 heteroatoms. The molecule has 1 aliphatic carbocycles. The molecule has 3 rings (SSSR count). The molecule has 1 aromatic carbocycles. The molecular formula is C25H37ClN2O3S. The number of aldehydes is 1. The van der Waals surface area contributed by atoms with Crippen molar-refractivity contribution >= 4 is 35.1 Å². The summed E-state index contributed by atoms with van der Waals surface area (Å²) in [6.07, 6.45) is 6.86. The highest BCUT2D eigenvalue weighted by atomic mass is 35.5. The number of aliphatic hydroxyl groups is 1. The minimum absolute atomic E-state index is 0.00737. The second kappa shape index (κ2) is 14.4. The smallest absolute Gasteiger partial charge is 0.219 e. The summed E-state index contributed by atoms with van der Waals surface area (Å²) in [5.74, 6) is 1.02. The van der Waals surface area contributed by atoms with E-state index in [9.17, 15) is 9.59 Å². The maximum absolute atomic E-state index is 11.8. The fourth-order valence-electron chi connectivity index (χ4n) is 3.40. The van der Waals surface area contributed by atoms with Crippen LogP contribution in [0.4, 0.5) is 0 Å². The van der Waals surface area contributed by atoms with Gasteiger partial charge in [0.1, 0.15) is 15.0 Å². The van der Waals surface area contributed by atoms with Gasteiger partial charge in [0.2, 0.25) is 5.91 Å². The fraction of sp³-hybridized carbons (Fsp3) is 0.560. The predicted octanol–water partition coefficient (Wildman–Crippen LogP) is 6.03. The van der Waals surface area contributed by atoms with Crippen LogP contribution in [0, 0.1) is 11.3 Å². The largest absolute Gasteiger partial charge is 0.400 e. The second-order valence-electron chi connectivity index (χ2n) is 8.91. The summed E-state index contributed by atoms with van der Waals surface area (Å²) in [5.41, 5.74) is 2.10. The molecule has 1 heterocycles. The van der Waals surface area contributed by atoms with Crippen molar-refractivity contribution in [2.45, 2.75) is 66.3 Å². The molecular weight excluding hydrogens is 444 g/mol. The number of hydrogen-bond donors (Lipinski definition) is 1. The average molecular weight is 481 g/mol. The van der Waals surface area contributed by atoms with Crippen LogP contribution in [0.3, 0.4) is 0 Å². The van der Waals surface area contributed by atoms with Crippen LogP contribution in [-0.2, 0) is 17.8 Å². The van der Waals surface area contributed by atoms with Gasteiger partial charge in [0, 0.05) is 20.6 Å². The first-order valence-electron chi connectivity index (χ1n) is 11.0. The van der Waals surface area contributed by atoms with Crippen molar-refractivity contribution in [1.82, 2.24) is 9.88 Å². The van der Waals surface area contributed by atoms with E-state index < -0.39 is 0 Å². The Balaban J connectivity index is 0.000000427. The molecule has 1 saturated carbocycles. The van der Waals surface area contributed by atoms with Gasteiger partial charge in [0.15, 0.2) is 6.29 Å². The van der Waals surface area contributed by atoms with Crippen molar-refractivity contribution in [3.8, 4) is 0 Å². The normalized spacial score (nSPS) is 13.1. The third kappa shape index (κ3) is 9.80. The maximum atomic E-state index is 11.8. The van der Waals surface area contributed by atoms with Crippen LogP contribution in [0.1, 0.15) is 74.4 Å². The molecule has 0 spiro atoms. The number of carbonyl (C=O) groups excluding carboxylic acids is 2. The van der Waals surface area contributed by atoms with Crippen LogP contribution >= 0.6 is 22.9 Å². The average Bonchev–Trinajstić information content (AvgIpc) is 3.06. The molecule has 178 valence electrons. The quantitative estimate of drug-likeness (QED) is 0.491. The molecule has 0 radical (unpaired) electrons. The van der Waals surface area contributed by atoms with Gasteiger partial charge in [-0.3, -0.25) is 9.59 Å². The Bertz CT molecular complexity index is 814. The number of hydrogen-bond acceptors (Lipinski definition) is 5. The molecule has 1 N–H and O–H groups in total. The lowest BCUT2D eigenvalue weighted by molar-refractivity contribution is -0.129. The molecule has 32 heavy (non-hydrogen) atoms. The van der Waals surface area contributed by atoms with E-state index in [1.165, 1.54) is 36.2 Å². The van der Waals surface area contributed by atoms with Gasteiger partial charge in [-0.25, -0.2) is 4.98 Å². The zero-order valence-electron chi connectivity index (χ0n) is 19.9. The van der Waals surface area contributed by atoms with Crippen molar-refractivity contribution in [1.29, 1.82) is 0 Å². The number of carbonyl (C=O) groups is 2. The van der Waals surface area contributed by atoms with Crippen molar-refractivity contribution in [2.24, 2.45) is 11.3 Å². The van der Waals surface area contributed by atoms with Crippen LogP contribution in [0.2, 0.25) is 4.34 Å². The molecule has 0 saturated heterocycles. The van der Waals surface area contributed by atoms with E-state index in [-0.39, 0.29) is 11.6 Å². The minimum atomic E-state index is -0.00737. The third-order valence-corrected chi connectivity index (χ3v) is 6.87. The Labute approximate surface area is 201 Å². The number of benzene rings is 1. The molecule has 0 aliphatic heterocycles. The number of halogens is 1. The first-order chi connectivity index (χ1) is 15.2. The Morgan fingerprint density at radius 1 is 1.25 bits per heavy atom. The fourth-order valence-corrected chi connectivity index (χ4v) is 4.52. The van der Waals surface area contributed by atoms with Gasteiger partial charge in [-0.1, -0.05) is 69.1 Å². The summed E-state index contributed by atoms with van der Waals surface area (Å²) >= 11 is 7.16. The number of aryl methyl sites for hydroxylation is 1. The van der Waals surface area contributed by atoms with Crippen molar-refractivity contribution < 1.29 is 14.7 Å². The SMILES string of the molecule is CC(=O)N(CCCc1ccccc1)Cc1nc(C=O)c(Cl)s1.CC(C)(C)C1CCC1.CO. The monoisotopic (exact) mass is 480 g/mol. The summed E-state index contributed by atoms with van der Waals surface area (Å²) in [4.78, 5) is 28.4. The molecule has 0 bridgehead atoms. The van der Waals surface area contributed by atoms with Crippen LogP contribution in [0.25, 0.3) is 0 Å². The van der Waals surface area contributed by atoms with Gasteiger partial charge < -0.3 is 10.0 Å². The molecule has 2 aromatic rings. The lowest BCUT2D eigenvalue weighted by Gasteiger charge is -2.37. The molecule has 1 amide bonds. The predicted molar refractivity (Wildman–Crippen MR) is 133 cm³/mol. The Morgan fingerprint density at radius 3 is 2.28 bits per heavy atom. The first-order valence-corrected chi connectivity index (χ1v) is 12.2.